The normalized spacial score (nSPS) is 25.0. The highest BCUT2D eigenvalue weighted by atomic mass is 31.2. The monoisotopic (exact) mass is 479 g/mol. The molecule has 0 heterocycles. The van der Waals surface area contributed by atoms with Gasteiger partial charge in [-0.1, -0.05) is 18.2 Å². The minimum absolute atomic E-state index is 0.145. The Labute approximate surface area is 193 Å². The first-order chi connectivity index (χ1) is 15.6. The van der Waals surface area contributed by atoms with Gasteiger partial charge in [-0.3, -0.25) is 4.52 Å². The molecule has 0 aliphatic heterocycles. The van der Waals surface area contributed by atoms with E-state index in [1.54, 1.807) is 19.2 Å². The van der Waals surface area contributed by atoms with Crippen LogP contribution in [0.25, 0.3) is 0 Å². The molecule has 1 fully saturated rings. The van der Waals surface area contributed by atoms with Crippen LogP contribution in [0.1, 0.15) is 48.3 Å². The van der Waals surface area contributed by atoms with Gasteiger partial charge < -0.3 is 25.0 Å². The molecule has 0 bridgehead atoms. The molecule has 9 heteroatoms. The van der Waals surface area contributed by atoms with Gasteiger partial charge in [0, 0.05) is 11.6 Å². The van der Waals surface area contributed by atoms with Crippen LogP contribution in [0.4, 0.5) is 4.39 Å². The van der Waals surface area contributed by atoms with Gasteiger partial charge in [-0.15, -0.1) is 0 Å². The van der Waals surface area contributed by atoms with E-state index >= 15 is 0 Å². The Morgan fingerprint density at radius 3 is 2.76 bits per heavy atom. The summed E-state index contributed by atoms with van der Waals surface area (Å²) in [6.07, 6.45) is 4.93. The molecular weight excluding hydrogens is 448 g/mol. The van der Waals surface area contributed by atoms with Gasteiger partial charge in [0.05, 0.1) is 20.3 Å². The molecule has 2 aromatic rings. The smallest absolute Gasteiger partial charge is 0.469 e. The van der Waals surface area contributed by atoms with E-state index in [0.29, 0.717) is 31.1 Å². The van der Waals surface area contributed by atoms with Crippen molar-refractivity contribution in [3.63, 3.8) is 0 Å². The highest BCUT2D eigenvalue weighted by Crippen LogP contribution is 2.44. The quantitative estimate of drug-likeness (QED) is 0.489. The van der Waals surface area contributed by atoms with Crippen molar-refractivity contribution in [2.45, 2.75) is 50.0 Å². The second kappa shape index (κ2) is 9.72. The first kappa shape index (κ1) is 24.2. The van der Waals surface area contributed by atoms with E-state index < -0.39 is 19.2 Å². The highest BCUT2D eigenvalue weighted by Gasteiger charge is 2.38. The maximum absolute atomic E-state index is 14.0. The summed E-state index contributed by atoms with van der Waals surface area (Å²) >= 11 is 0. The molecule has 2 aliphatic rings. The molecule has 4 N–H and O–H groups in total. The number of aryl methyl sites for hydroxylation is 1. The molecule has 0 aromatic heterocycles. The second-order valence-corrected chi connectivity index (χ2v) is 10.5. The molecule has 0 spiro atoms. The zero-order valence-corrected chi connectivity index (χ0v) is 19.6. The minimum Gasteiger partial charge on any atom is -0.497 e. The highest BCUT2D eigenvalue weighted by molar-refractivity contribution is 7.46. The van der Waals surface area contributed by atoms with Crippen molar-refractivity contribution >= 4 is 7.82 Å². The van der Waals surface area contributed by atoms with Crippen LogP contribution in [-0.4, -0.2) is 35.6 Å². The molecule has 1 saturated carbocycles. The Bertz CT molecular complexity index is 1040. The summed E-state index contributed by atoms with van der Waals surface area (Å²) in [6, 6.07) is 11.0. The number of hydrogen-bond acceptors (Lipinski definition) is 5. The van der Waals surface area contributed by atoms with Crippen molar-refractivity contribution < 1.29 is 32.7 Å². The second-order valence-electron chi connectivity index (χ2n) is 9.31. The first-order valence-electron chi connectivity index (χ1n) is 11.2. The molecular formula is C24H31FNO6P. The largest absolute Gasteiger partial charge is 0.497 e. The number of rotatable bonds is 8. The molecule has 3 atom stereocenters. The van der Waals surface area contributed by atoms with E-state index in [-0.39, 0.29) is 18.3 Å². The minimum atomic E-state index is -4.52. The lowest BCUT2D eigenvalue weighted by Crippen LogP contribution is -2.41. The maximum atomic E-state index is 14.0. The predicted octanol–water partition coefficient (Wildman–Crippen LogP) is 4.09. The summed E-state index contributed by atoms with van der Waals surface area (Å²) in [7, 11) is -2.98. The number of phosphoric ester groups is 1. The molecule has 180 valence electrons. The zero-order valence-electron chi connectivity index (χ0n) is 18.7. The molecule has 2 aromatic carbocycles. The fourth-order valence-electron chi connectivity index (χ4n) is 4.96. The van der Waals surface area contributed by atoms with Crippen LogP contribution in [0.2, 0.25) is 0 Å². The van der Waals surface area contributed by atoms with Gasteiger partial charge in [0.2, 0.25) is 0 Å². The molecule has 0 radical (unpaired) electrons. The van der Waals surface area contributed by atoms with E-state index in [9.17, 15) is 8.96 Å². The van der Waals surface area contributed by atoms with Gasteiger partial charge in [-0.2, -0.15) is 0 Å². The summed E-state index contributed by atoms with van der Waals surface area (Å²) in [5, 5.41) is 0. The van der Waals surface area contributed by atoms with Gasteiger partial charge in [0.25, 0.3) is 0 Å². The van der Waals surface area contributed by atoms with Gasteiger partial charge in [0.1, 0.15) is 5.75 Å². The van der Waals surface area contributed by atoms with Crippen molar-refractivity contribution in [1.82, 2.24) is 0 Å². The summed E-state index contributed by atoms with van der Waals surface area (Å²) in [4.78, 5) is 17.9. The molecule has 0 saturated heterocycles. The molecule has 7 nitrogen and oxygen atoms in total. The zero-order chi connectivity index (χ0) is 23.6. The van der Waals surface area contributed by atoms with Crippen molar-refractivity contribution in [2.24, 2.45) is 11.7 Å². The van der Waals surface area contributed by atoms with Crippen molar-refractivity contribution in [3.05, 3.63) is 58.9 Å². The van der Waals surface area contributed by atoms with Gasteiger partial charge in [0.15, 0.2) is 11.6 Å². The topological polar surface area (TPSA) is 111 Å². The average Bonchev–Trinajstić information content (AvgIpc) is 3.19. The van der Waals surface area contributed by atoms with Gasteiger partial charge in [-0.05, 0) is 79.2 Å². The van der Waals surface area contributed by atoms with E-state index in [4.69, 9.17) is 25.0 Å². The van der Waals surface area contributed by atoms with Crippen LogP contribution >= 0.6 is 7.82 Å². The van der Waals surface area contributed by atoms with Crippen LogP contribution in [0.15, 0.2) is 36.4 Å². The molecule has 0 amide bonds. The van der Waals surface area contributed by atoms with Crippen molar-refractivity contribution in [3.8, 4) is 11.5 Å². The SMILES string of the molecule is COc1ccc(F)c(OC[C@@H]2CCc3cc([C@H]4CC[C@](N)(COP(=O)(O)O)C4)ccc3C2)c1. The summed E-state index contributed by atoms with van der Waals surface area (Å²) in [6.45, 7) is 0.303. The molecule has 4 rings (SSSR count). The molecule has 33 heavy (non-hydrogen) atoms. The third kappa shape index (κ3) is 6.14. The van der Waals surface area contributed by atoms with Crippen molar-refractivity contribution in [1.29, 1.82) is 0 Å². The Morgan fingerprint density at radius 2 is 2.00 bits per heavy atom. The van der Waals surface area contributed by atoms with E-state index in [1.165, 1.54) is 22.8 Å². The number of benzene rings is 2. The van der Waals surface area contributed by atoms with Gasteiger partial charge >= 0.3 is 7.82 Å². The third-order valence-corrected chi connectivity index (χ3v) is 7.27. The number of phosphoric acid groups is 1. The van der Waals surface area contributed by atoms with Crippen LogP contribution in [0.3, 0.4) is 0 Å². The van der Waals surface area contributed by atoms with Crippen LogP contribution in [-0.2, 0) is 21.9 Å². The molecule has 0 unspecified atom stereocenters. The van der Waals surface area contributed by atoms with Gasteiger partial charge in [-0.25, -0.2) is 8.96 Å². The van der Waals surface area contributed by atoms with Crippen molar-refractivity contribution in [2.75, 3.05) is 20.3 Å². The first-order valence-corrected chi connectivity index (χ1v) is 12.7. The number of ether oxygens (including phenoxy) is 2. The Morgan fingerprint density at radius 1 is 1.18 bits per heavy atom. The summed E-state index contributed by atoms with van der Waals surface area (Å²) in [5.74, 6) is 0.939. The summed E-state index contributed by atoms with van der Waals surface area (Å²) in [5.41, 5.74) is 9.43. The fourth-order valence-corrected chi connectivity index (χ4v) is 5.39. The number of nitrogens with two attached hydrogens (primary N) is 1. The number of hydrogen-bond donors (Lipinski definition) is 3. The number of fused-ring (bicyclic) bond motifs is 1. The lowest BCUT2D eigenvalue weighted by atomic mass is 9.82. The number of halogens is 1. The lowest BCUT2D eigenvalue weighted by molar-refractivity contribution is 0.153. The predicted molar refractivity (Wildman–Crippen MR) is 122 cm³/mol. The number of methoxy groups -OCH3 is 1. The Balaban J connectivity index is 1.35. The van der Waals surface area contributed by atoms with Crippen LogP contribution in [0, 0.1) is 11.7 Å². The fraction of sp³-hybridized carbons (Fsp3) is 0.500. The van der Waals surface area contributed by atoms with E-state index in [0.717, 1.165) is 25.7 Å². The van der Waals surface area contributed by atoms with E-state index in [2.05, 4.69) is 22.7 Å². The summed E-state index contributed by atoms with van der Waals surface area (Å²) < 4.78 is 40.6. The van der Waals surface area contributed by atoms with E-state index in [1.807, 2.05) is 0 Å². The maximum Gasteiger partial charge on any atom is 0.469 e. The van der Waals surface area contributed by atoms with Crippen LogP contribution < -0.4 is 15.2 Å². The standard InChI is InChI=1S/C24H31FNO6P/c1-30-21-6-7-22(25)23(12-21)31-14-16-2-3-18-11-19(5-4-17(18)10-16)20-8-9-24(26,13-20)15-32-33(27,28)29/h4-7,11-12,16,20H,2-3,8-10,13-15,26H2,1H3,(H2,27,28,29)/t16-,20+,24-/m1/s1. The third-order valence-electron chi connectivity index (χ3n) is 6.81. The molecule has 2 aliphatic carbocycles. The lowest BCUT2D eigenvalue weighted by Gasteiger charge is -2.27. The Kier molecular flexibility index (Phi) is 7.12. The average molecular weight is 479 g/mol. The van der Waals surface area contributed by atoms with Crippen LogP contribution in [0.5, 0.6) is 11.5 Å². The Hall–Kier alpha value is -1.96.